The van der Waals surface area contributed by atoms with E-state index in [0.29, 0.717) is 28.9 Å². The normalized spacial score (nSPS) is 52.5. The third-order valence-corrected chi connectivity index (χ3v) is 8.12. The van der Waals surface area contributed by atoms with Crippen LogP contribution < -0.4 is 0 Å². The molecule has 0 aliphatic carbocycles. The maximum absolute atomic E-state index is 12.2. The van der Waals surface area contributed by atoms with Gasteiger partial charge in [0.05, 0.1) is 42.3 Å². The highest BCUT2D eigenvalue weighted by Crippen LogP contribution is 2.72. The van der Waals surface area contributed by atoms with Crippen molar-refractivity contribution in [3.63, 3.8) is 0 Å². The molecule has 5 saturated heterocycles. The predicted octanol–water partition coefficient (Wildman–Crippen LogP) is 1.84. The van der Waals surface area contributed by atoms with Gasteiger partial charge in [-0.05, 0) is 26.7 Å². The Bertz CT molecular complexity index is 905. The second kappa shape index (κ2) is 5.45. The predicted molar refractivity (Wildman–Crippen MR) is 101 cm³/mol. The average molecular weight is 401 g/mol. The molecule has 6 heterocycles. The Morgan fingerprint density at radius 2 is 2.21 bits per heavy atom. The Labute approximate surface area is 169 Å². The van der Waals surface area contributed by atoms with Gasteiger partial charge in [0.2, 0.25) is 11.5 Å². The molecule has 6 unspecified atom stereocenters. The molecule has 0 amide bonds. The van der Waals surface area contributed by atoms with E-state index in [-0.39, 0.29) is 35.4 Å². The smallest absolute Gasteiger partial charge is 0.343 e. The largest absolute Gasteiger partial charge is 0.492 e. The Balaban J connectivity index is 1.47. The monoisotopic (exact) mass is 401 g/mol. The van der Waals surface area contributed by atoms with Crippen molar-refractivity contribution < 1.29 is 28.8 Å². The first kappa shape index (κ1) is 18.0. The molecular weight excluding hydrogens is 374 g/mol. The van der Waals surface area contributed by atoms with E-state index < -0.39 is 11.9 Å². The molecule has 29 heavy (non-hydrogen) atoms. The molecular formula is C22H27NO6. The van der Waals surface area contributed by atoms with E-state index in [1.165, 1.54) is 0 Å². The van der Waals surface area contributed by atoms with Gasteiger partial charge in [0, 0.05) is 18.5 Å². The van der Waals surface area contributed by atoms with Crippen LogP contribution in [0.3, 0.4) is 0 Å². The van der Waals surface area contributed by atoms with Crippen LogP contribution in [0.25, 0.3) is 0 Å². The van der Waals surface area contributed by atoms with Crippen molar-refractivity contribution >= 4 is 5.97 Å². The van der Waals surface area contributed by atoms with Crippen molar-refractivity contribution in [3.05, 3.63) is 35.0 Å². The maximum Gasteiger partial charge on any atom is 0.343 e. The molecule has 6 rings (SSSR count). The number of carbonyl (C=O) groups is 1. The Morgan fingerprint density at radius 1 is 1.41 bits per heavy atom. The standard InChI is InChI=1S/C22H27NO6/c1-10(24)5-7-21-14-6-8-23(21)13-9-15(21)28-22(14)16(13)11(2)18(29-22)19-17(26-4)12(3)20(25)27-19/h5,7,10-11,13-16,24H,6,8-9H2,1-4H3/b7-5+,19-18-/t10-,11-,13?,14?,15?,16?,21?,22-/m1/s1. The van der Waals surface area contributed by atoms with Gasteiger partial charge in [0.25, 0.3) is 0 Å². The average Bonchev–Trinajstić information content (AvgIpc) is 3.38. The Kier molecular flexibility index (Phi) is 3.38. The van der Waals surface area contributed by atoms with Crippen LogP contribution in [0, 0.1) is 17.8 Å². The van der Waals surface area contributed by atoms with Crippen molar-refractivity contribution in [2.24, 2.45) is 17.8 Å². The van der Waals surface area contributed by atoms with Gasteiger partial charge in [0.15, 0.2) is 5.76 Å². The summed E-state index contributed by atoms with van der Waals surface area (Å²) < 4.78 is 24.4. The third kappa shape index (κ3) is 1.84. The highest BCUT2D eigenvalue weighted by Gasteiger charge is 2.83. The number of piperidine rings is 1. The summed E-state index contributed by atoms with van der Waals surface area (Å²) in [6.45, 7) is 6.65. The molecule has 9 atom stereocenters. The minimum Gasteiger partial charge on any atom is -0.492 e. The second-order valence-electron chi connectivity index (χ2n) is 9.31. The third-order valence-electron chi connectivity index (χ3n) is 8.12. The molecule has 6 aliphatic rings. The fourth-order valence-electron chi connectivity index (χ4n) is 7.21. The maximum atomic E-state index is 12.2. The van der Waals surface area contributed by atoms with Crippen LogP contribution >= 0.6 is 0 Å². The lowest BCUT2D eigenvalue weighted by molar-refractivity contribution is -0.255. The molecule has 0 saturated carbocycles. The van der Waals surface area contributed by atoms with Crippen molar-refractivity contribution in [1.29, 1.82) is 0 Å². The summed E-state index contributed by atoms with van der Waals surface area (Å²) in [6, 6.07) is 0.354. The van der Waals surface area contributed by atoms with Gasteiger partial charge < -0.3 is 24.1 Å². The molecule has 1 N–H and O–H groups in total. The summed E-state index contributed by atoms with van der Waals surface area (Å²) >= 11 is 0. The number of aliphatic hydroxyl groups is 1. The summed E-state index contributed by atoms with van der Waals surface area (Å²) in [6.07, 6.45) is 5.59. The number of esters is 1. The zero-order valence-corrected chi connectivity index (χ0v) is 17.2. The van der Waals surface area contributed by atoms with Crippen molar-refractivity contribution in [3.8, 4) is 0 Å². The van der Waals surface area contributed by atoms with E-state index >= 15 is 0 Å². The number of hydrogen-bond donors (Lipinski definition) is 1. The molecule has 7 heteroatoms. The van der Waals surface area contributed by atoms with Gasteiger partial charge in [-0.3, -0.25) is 4.90 Å². The summed E-state index contributed by atoms with van der Waals surface area (Å²) in [4.78, 5) is 14.8. The van der Waals surface area contributed by atoms with Gasteiger partial charge in [-0.1, -0.05) is 19.1 Å². The first-order valence-electron chi connectivity index (χ1n) is 10.6. The van der Waals surface area contributed by atoms with Gasteiger partial charge >= 0.3 is 5.97 Å². The van der Waals surface area contributed by atoms with Gasteiger partial charge in [-0.2, -0.15) is 0 Å². The van der Waals surface area contributed by atoms with Crippen LogP contribution in [0.15, 0.2) is 35.0 Å². The number of cyclic esters (lactones) is 1. The molecule has 0 aromatic heterocycles. The van der Waals surface area contributed by atoms with E-state index in [9.17, 15) is 9.90 Å². The number of nitrogens with zero attached hydrogens (tertiary/aromatic N) is 1. The van der Waals surface area contributed by atoms with Crippen LogP contribution in [0.4, 0.5) is 0 Å². The minimum absolute atomic E-state index is 0.0553. The summed E-state index contributed by atoms with van der Waals surface area (Å²) in [5, 5.41) is 9.87. The van der Waals surface area contributed by atoms with Crippen molar-refractivity contribution in [1.82, 2.24) is 4.90 Å². The van der Waals surface area contributed by atoms with E-state index in [4.69, 9.17) is 18.9 Å². The topological polar surface area (TPSA) is 77.5 Å². The molecule has 0 radical (unpaired) electrons. The second-order valence-corrected chi connectivity index (χ2v) is 9.31. The van der Waals surface area contributed by atoms with E-state index in [1.807, 2.05) is 6.08 Å². The number of hydrogen-bond acceptors (Lipinski definition) is 7. The van der Waals surface area contributed by atoms with Crippen LogP contribution in [0.2, 0.25) is 0 Å². The quantitative estimate of drug-likeness (QED) is 0.571. The highest BCUT2D eigenvalue weighted by atomic mass is 16.7. The van der Waals surface area contributed by atoms with Crippen molar-refractivity contribution in [2.75, 3.05) is 13.7 Å². The molecule has 156 valence electrons. The molecule has 7 nitrogen and oxygen atoms in total. The summed E-state index contributed by atoms with van der Waals surface area (Å²) in [5.74, 6) is 0.884. The molecule has 6 aliphatic heterocycles. The van der Waals surface area contributed by atoms with E-state index in [1.54, 1.807) is 21.0 Å². The van der Waals surface area contributed by atoms with Crippen LogP contribution in [0.1, 0.15) is 33.6 Å². The van der Waals surface area contributed by atoms with Crippen LogP contribution in [-0.2, 0) is 23.7 Å². The molecule has 0 aromatic carbocycles. The van der Waals surface area contributed by atoms with Gasteiger partial charge in [0.1, 0.15) is 5.76 Å². The Morgan fingerprint density at radius 3 is 2.93 bits per heavy atom. The number of carbonyl (C=O) groups excluding carboxylic acids is 1. The molecule has 0 aromatic rings. The Hall–Kier alpha value is -1.83. The SMILES string of the molecule is COC1=C(C)C(=O)O/C1=C1\O[C@@]23OC4CC(C2[C@H]1C)N1CCC3C41/C=C/[C@@H](C)O. The fourth-order valence-corrected chi connectivity index (χ4v) is 7.21. The zero-order valence-electron chi connectivity index (χ0n) is 17.2. The lowest BCUT2D eigenvalue weighted by Crippen LogP contribution is -2.60. The zero-order chi connectivity index (χ0) is 20.3. The van der Waals surface area contributed by atoms with Crippen LogP contribution in [-0.4, -0.2) is 59.2 Å². The summed E-state index contributed by atoms with van der Waals surface area (Å²) in [5.41, 5.74) is 0.259. The van der Waals surface area contributed by atoms with E-state index in [2.05, 4.69) is 17.9 Å². The first-order valence-corrected chi connectivity index (χ1v) is 10.6. The van der Waals surface area contributed by atoms with Gasteiger partial charge in [-0.15, -0.1) is 0 Å². The number of fused-ring (bicyclic) bond motifs is 1. The molecule has 5 bridgehead atoms. The fraction of sp³-hybridized carbons (Fsp3) is 0.682. The molecule has 5 fully saturated rings. The lowest BCUT2D eigenvalue weighted by Gasteiger charge is -2.47. The number of ether oxygens (including phenoxy) is 4. The number of allylic oxidation sites excluding steroid dienone is 1. The van der Waals surface area contributed by atoms with E-state index in [0.717, 1.165) is 19.4 Å². The minimum atomic E-state index is -0.701. The molecule has 1 spiro atoms. The highest BCUT2D eigenvalue weighted by molar-refractivity contribution is 5.93. The lowest BCUT2D eigenvalue weighted by atomic mass is 9.71. The first-order chi connectivity index (χ1) is 13.8. The van der Waals surface area contributed by atoms with Crippen molar-refractivity contribution in [2.45, 2.75) is 63.2 Å². The number of rotatable bonds is 3. The number of aliphatic hydroxyl groups excluding tert-OH is 1. The van der Waals surface area contributed by atoms with Crippen LogP contribution in [0.5, 0.6) is 0 Å². The van der Waals surface area contributed by atoms with Gasteiger partial charge in [-0.25, -0.2) is 4.79 Å². The number of methoxy groups -OCH3 is 1. The summed E-state index contributed by atoms with van der Waals surface area (Å²) in [7, 11) is 1.55.